The van der Waals surface area contributed by atoms with Crippen LogP contribution in [-0.4, -0.2) is 39.0 Å². The zero-order valence-electron chi connectivity index (χ0n) is 9.47. The maximum atomic E-state index is 5.39. The Balaban J connectivity index is 1.92. The minimum Gasteiger partial charge on any atom is -0.382 e. The largest absolute Gasteiger partial charge is 0.382 e. The van der Waals surface area contributed by atoms with E-state index >= 15 is 0 Å². The summed E-state index contributed by atoms with van der Waals surface area (Å²) < 4.78 is 10.3. The van der Waals surface area contributed by atoms with Gasteiger partial charge in [0.05, 0.1) is 19.8 Å². The molecule has 0 unspecified atom stereocenters. The van der Waals surface area contributed by atoms with Crippen LogP contribution in [0, 0.1) is 0 Å². The van der Waals surface area contributed by atoms with E-state index in [9.17, 15) is 0 Å². The van der Waals surface area contributed by atoms with Crippen LogP contribution in [-0.2, 0) is 9.47 Å². The summed E-state index contributed by atoms with van der Waals surface area (Å²) in [5.41, 5.74) is 0.380. The average Bonchev–Trinajstić information content (AvgIpc) is 2.59. The molecule has 0 heterocycles. The maximum Gasteiger partial charge on any atom is 0.0700 e. The van der Waals surface area contributed by atoms with Crippen molar-refractivity contribution < 1.29 is 9.47 Å². The van der Waals surface area contributed by atoms with Gasteiger partial charge in [-0.25, -0.2) is 0 Å². The van der Waals surface area contributed by atoms with E-state index in [2.05, 4.69) is 12.2 Å². The van der Waals surface area contributed by atoms with Crippen molar-refractivity contribution in [1.29, 1.82) is 0 Å². The van der Waals surface area contributed by atoms with Crippen LogP contribution < -0.4 is 5.32 Å². The summed E-state index contributed by atoms with van der Waals surface area (Å²) >= 11 is 0. The second-order valence-corrected chi connectivity index (χ2v) is 4.30. The molecule has 84 valence electrons. The van der Waals surface area contributed by atoms with Crippen LogP contribution in [0.3, 0.4) is 0 Å². The number of hydrogen-bond acceptors (Lipinski definition) is 3. The number of hydrogen-bond donors (Lipinski definition) is 1. The first-order valence-electron chi connectivity index (χ1n) is 5.58. The quantitative estimate of drug-likeness (QED) is 0.634. The smallest absolute Gasteiger partial charge is 0.0700 e. The van der Waals surface area contributed by atoms with Gasteiger partial charge >= 0.3 is 0 Å². The van der Waals surface area contributed by atoms with Crippen molar-refractivity contribution in [2.24, 2.45) is 0 Å². The average molecular weight is 201 g/mol. The van der Waals surface area contributed by atoms with Gasteiger partial charge < -0.3 is 14.8 Å². The Bertz CT molecular complexity index is 144. The number of ether oxygens (including phenoxy) is 2. The predicted octanol–water partition coefficient (Wildman–Crippen LogP) is 1.57. The van der Waals surface area contributed by atoms with Crippen molar-refractivity contribution in [2.45, 2.75) is 38.1 Å². The van der Waals surface area contributed by atoms with Gasteiger partial charge in [-0.3, -0.25) is 0 Å². The fourth-order valence-electron chi connectivity index (χ4n) is 2.00. The molecule has 0 aromatic carbocycles. The summed E-state index contributed by atoms with van der Waals surface area (Å²) in [7, 11) is 1.70. The molecule has 3 nitrogen and oxygen atoms in total. The highest BCUT2D eigenvalue weighted by Gasteiger charge is 2.27. The molecule has 1 saturated carbocycles. The highest BCUT2D eigenvalue weighted by atomic mass is 16.5. The van der Waals surface area contributed by atoms with Gasteiger partial charge in [0, 0.05) is 19.2 Å². The number of methoxy groups -OCH3 is 1. The van der Waals surface area contributed by atoms with Gasteiger partial charge in [0.1, 0.15) is 0 Å². The first kappa shape index (κ1) is 12.0. The standard InChI is InChI=1S/C11H23NO2/c1-11(5-3-4-6-11)12-7-8-14-10-9-13-2/h12H,3-10H2,1-2H3. The molecule has 0 aromatic heterocycles. The molecule has 1 rings (SSSR count). The van der Waals surface area contributed by atoms with E-state index in [4.69, 9.17) is 9.47 Å². The van der Waals surface area contributed by atoms with E-state index in [0.717, 1.165) is 13.2 Å². The topological polar surface area (TPSA) is 30.5 Å². The lowest BCUT2D eigenvalue weighted by Crippen LogP contribution is -2.41. The van der Waals surface area contributed by atoms with Crippen LogP contribution in [0.4, 0.5) is 0 Å². The summed E-state index contributed by atoms with van der Waals surface area (Å²) in [6, 6.07) is 0. The molecule has 0 saturated heterocycles. The third-order valence-electron chi connectivity index (χ3n) is 2.94. The SMILES string of the molecule is COCCOCCNC1(C)CCCC1. The normalized spacial score (nSPS) is 20.1. The fraction of sp³-hybridized carbons (Fsp3) is 1.00. The van der Waals surface area contributed by atoms with Crippen LogP contribution in [0.5, 0.6) is 0 Å². The molecule has 0 radical (unpaired) electrons. The molecule has 0 spiro atoms. The van der Waals surface area contributed by atoms with Crippen LogP contribution in [0.15, 0.2) is 0 Å². The third kappa shape index (κ3) is 4.40. The Morgan fingerprint density at radius 2 is 1.86 bits per heavy atom. The molecule has 0 aromatic rings. The first-order chi connectivity index (χ1) is 6.77. The van der Waals surface area contributed by atoms with Crippen molar-refractivity contribution in [3.63, 3.8) is 0 Å². The van der Waals surface area contributed by atoms with E-state index in [1.807, 2.05) is 0 Å². The zero-order chi connectivity index (χ0) is 10.3. The lowest BCUT2D eigenvalue weighted by Gasteiger charge is -2.25. The predicted molar refractivity (Wildman–Crippen MR) is 57.6 cm³/mol. The Labute approximate surface area is 87.2 Å². The van der Waals surface area contributed by atoms with Gasteiger partial charge in [0.25, 0.3) is 0 Å². The number of nitrogens with one attached hydrogen (secondary N) is 1. The Kier molecular flexibility index (Phi) is 5.45. The Hall–Kier alpha value is -0.120. The maximum absolute atomic E-state index is 5.39. The van der Waals surface area contributed by atoms with E-state index in [1.54, 1.807) is 7.11 Å². The summed E-state index contributed by atoms with van der Waals surface area (Å²) in [4.78, 5) is 0. The van der Waals surface area contributed by atoms with Crippen molar-refractivity contribution in [3.05, 3.63) is 0 Å². The molecular weight excluding hydrogens is 178 g/mol. The summed E-state index contributed by atoms with van der Waals surface area (Å²) in [6.07, 6.45) is 5.36. The van der Waals surface area contributed by atoms with Crippen molar-refractivity contribution in [2.75, 3.05) is 33.5 Å². The monoisotopic (exact) mass is 201 g/mol. The first-order valence-corrected chi connectivity index (χ1v) is 5.58. The third-order valence-corrected chi connectivity index (χ3v) is 2.94. The molecule has 0 amide bonds. The summed E-state index contributed by atoms with van der Waals surface area (Å²) in [6.45, 7) is 5.46. The molecule has 0 aliphatic heterocycles. The van der Waals surface area contributed by atoms with Crippen molar-refractivity contribution >= 4 is 0 Å². The van der Waals surface area contributed by atoms with E-state index in [-0.39, 0.29) is 0 Å². The molecular formula is C11H23NO2. The van der Waals surface area contributed by atoms with Crippen LogP contribution in [0.2, 0.25) is 0 Å². The lowest BCUT2D eigenvalue weighted by molar-refractivity contribution is 0.0692. The zero-order valence-corrected chi connectivity index (χ0v) is 9.47. The van der Waals surface area contributed by atoms with Gasteiger partial charge in [-0.2, -0.15) is 0 Å². The highest BCUT2D eigenvalue weighted by molar-refractivity contribution is 4.87. The molecule has 1 fully saturated rings. The second kappa shape index (κ2) is 6.38. The fourth-order valence-corrected chi connectivity index (χ4v) is 2.00. The molecule has 14 heavy (non-hydrogen) atoms. The van der Waals surface area contributed by atoms with Crippen LogP contribution in [0.1, 0.15) is 32.6 Å². The summed E-state index contributed by atoms with van der Waals surface area (Å²) in [5.74, 6) is 0. The van der Waals surface area contributed by atoms with Gasteiger partial charge in [-0.1, -0.05) is 12.8 Å². The number of rotatable bonds is 7. The van der Waals surface area contributed by atoms with Crippen LogP contribution in [0.25, 0.3) is 0 Å². The highest BCUT2D eigenvalue weighted by Crippen LogP contribution is 2.28. The van der Waals surface area contributed by atoms with Gasteiger partial charge in [-0.05, 0) is 19.8 Å². The molecule has 3 heteroatoms. The minimum atomic E-state index is 0.380. The van der Waals surface area contributed by atoms with Gasteiger partial charge in [0.2, 0.25) is 0 Å². The Morgan fingerprint density at radius 1 is 1.14 bits per heavy atom. The van der Waals surface area contributed by atoms with E-state index < -0.39 is 0 Å². The molecule has 1 aliphatic rings. The second-order valence-electron chi connectivity index (χ2n) is 4.30. The molecule has 0 bridgehead atoms. The summed E-state index contributed by atoms with van der Waals surface area (Å²) in [5, 5.41) is 3.57. The molecule has 1 aliphatic carbocycles. The van der Waals surface area contributed by atoms with Crippen molar-refractivity contribution in [3.8, 4) is 0 Å². The lowest BCUT2D eigenvalue weighted by atomic mass is 10.0. The molecule has 0 atom stereocenters. The van der Waals surface area contributed by atoms with Gasteiger partial charge in [0.15, 0.2) is 0 Å². The van der Waals surface area contributed by atoms with Crippen molar-refractivity contribution in [1.82, 2.24) is 5.32 Å². The Morgan fingerprint density at radius 3 is 2.50 bits per heavy atom. The van der Waals surface area contributed by atoms with E-state index in [1.165, 1.54) is 25.7 Å². The van der Waals surface area contributed by atoms with Gasteiger partial charge in [-0.15, -0.1) is 0 Å². The minimum absolute atomic E-state index is 0.380. The van der Waals surface area contributed by atoms with Crippen LogP contribution >= 0.6 is 0 Å². The molecule has 1 N–H and O–H groups in total. The van der Waals surface area contributed by atoms with E-state index in [0.29, 0.717) is 18.8 Å².